The summed E-state index contributed by atoms with van der Waals surface area (Å²) in [5, 5.41) is 8.43. The van der Waals surface area contributed by atoms with Gasteiger partial charge < -0.3 is 38.4 Å². The molecule has 0 aromatic heterocycles. The average molecular weight is 532 g/mol. The van der Waals surface area contributed by atoms with Crippen LogP contribution in [0, 0.1) is 0 Å². The van der Waals surface area contributed by atoms with E-state index in [2.05, 4.69) is 24.3 Å². The fourth-order valence-corrected chi connectivity index (χ4v) is 4.04. The highest BCUT2D eigenvalue weighted by Gasteiger charge is 2.29. The molecule has 2 aromatic rings. The number of carboxylic acid groups (broad SMARTS) is 1. The molecule has 208 valence electrons. The minimum Gasteiger partial charge on any atom is -0.480 e. The number of carbonyl (C=O) groups excluding carboxylic acids is 1. The number of benzene rings is 2. The predicted molar refractivity (Wildman–Crippen MR) is 139 cm³/mol. The zero-order valence-corrected chi connectivity index (χ0v) is 21.8. The summed E-state index contributed by atoms with van der Waals surface area (Å²) in [6.45, 7) is 3.85. The molecule has 0 fully saturated rings. The number of fused-ring (bicyclic) bond motifs is 3. The summed E-state index contributed by atoms with van der Waals surface area (Å²) in [4.78, 5) is 24.3. The second kappa shape index (κ2) is 16.7. The van der Waals surface area contributed by atoms with Crippen molar-refractivity contribution in [3.63, 3.8) is 0 Å². The standard InChI is InChI=1S/C28H37NO9/c1-29(10-11-33-12-13-34-14-15-35-16-17-36-18-19-37-21-27(30)31)28(32)38-20-26-24-8-4-2-6-22(24)23-7-3-5-9-25(23)26/h2-9,26H,10-21H2,1H3,(H,30,31). The van der Waals surface area contributed by atoms with Gasteiger partial charge in [0.05, 0.1) is 59.5 Å². The first-order chi connectivity index (χ1) is 18.6. The molecule has 0 bridgehead atoms. The normalized spacial score (nSPS) is 12.2. The summed E-state index contributed by atoms with van der Waals surface area (Å²) in [5.41, 5.74) is 4.77. The van der Waals surface area contributed by atoms with Crippen molar-refractivity contribution in [1.82, 2.24) is 4.90 Å². The van der Waals surface area contributed by atoms with Crippen LogP contribution in [-0.2, 0) is 33.2 Å². The van der Waals surface area contributed by atoms with Gasteiger partial charge in [0.15, 0.2) is 0 Å². The van der Waals surface area contributed by atoms with Crippen LogP contribution in [0.25, 0.3) is 11.1 Å². The lowest BCUT2D eigenvalue weighted by Gasteiger charge is -2.19. The third-order valence-corrected chi connectivity index (χ3v) is 5.93. The molecule has 3 rings (SSSR count). The molecule has 0 spiro atoms. The Balaban J connectivity index is 1.17. The summed E-state index contributed by atoms with van der Waals surface area (Å²) in [5.74, 6) is -0.964. The van der Waals surface area contributed by atoms with Gasteiger partial charge in [-0.25, -0.2) is 9.59 Å². The van der Waals surface area contributed by atoms with Gasteiger partial charge in [-0.05, 0) is 22.3 Å². The van der Waals surface area contributed by atoms with Gasteiger partial charge in [0, 0.05) is 19.5 Å². The molecule has 2 aromatic carbocycles. The topological polar surface area (TPSA) is 113 Å². The Hall–Kier alpha value is -3.02. The number of carboxylic acids is 1. The van der Waals surface area contributed by atoms with Crippen LogP contribution in [0.4, 0.5) is 4.79 Å². The molecule has 38 heavy (non-hydrogen) atoms. The van der Waals surface area contributed by atoms with E-state index in [-0.39, 0.29) is 25.2 Å². The number of nitrogens with zero attached hydrogens (tertiary/aromatic N) is 1. The van der Waals surface area contributed by atoms with E-state index in [1.807, 2.05) is 24.3 Å². The highest BCUT2D eigenvalue weighted by molar-refractivity contribution is 5.79. The Labute approximate surface area is 223 Å². The molecule has 10 heteroatoms. The van der Waals surface area contributed by atoms with Gasteiger partial charge in [-0.2, -0.15) is 0 Å². The number of hydrogen-bond acceptors (Lipinski definition) is 8. The third-order valence-electron chi connectivity index (χ3n) is 5.93. The first-order valence-corrected chi connectivity index (χ1v) is 12.7. The van der Waals surface area contributed by atoms with E-state index in [0.29, 0.717) is 66.0 Å². The second-order valence-corrected chi connectivity index (χ2v) is 8.62. The van der Waals surface area contributed by atoms with Crippen LogP contribution in [0.3, 0.4) is 0 Å². The van der Waals surface area contributed by atoms with Gasteiger partial charge in [-0.15, -0.1) is 0 Å². The van der Waals surface area contributed by atoms with Crippen molar-refractivity contribution in [1.29, 1.82) is 0 Å². The molecule has 10 nitrogen and oxygen atoms in total. The molecule has 0 radical (unpaired) electrons. The van der Waals surface area contributed by atoms with E-state index < -0.39 is 5.97 Å². The molecule has 0 atom stereocenters. The molecule has 0 unspecified atom stereocenters. The molecule has 0 heterocycles. The molecule has 1 aliphatic carbocycles. The smallest absolute Gasteiger partial charge is 0.409 e. The number of likely N-dealkylation sites (N-methyl/N-ethyl adjacent to an activating group) is 1. The molecular formula is C28H37NO9. The van der Waals surface area contributed by atoms with Crippen molar-refractivity contribution in [3.8, 4) is 11.1 Å². The van der Waals surface area contributed by atoms with Crippen LogP contribution in [0.5, 0.6) is 0 Å². The van der Waals surface area contributed by atoms with Crippen molar-refractivity contribution < 1.29 is 43.1 Å². The first-order valence-electron chi connectivity index (χ1n) is 12.7. The largest absolute Gasteiger partial charge is 0.480 e. The first kappa shape index (κ1) is 29.5. The van der Waals surface area contributed by atoms with Gasteiger partial charge in [-0.1, -0.05) is 48.5 Å². The van der Waals surface area contributed by atoms with E-state index in [1.54, 1.807) is 7.05 Å². The van der Waals surface area contributed by atoms with Crippen molar-refractivity contribution >= 4 is 12.1 Å². The predicted octanol–water partition coefficient (Wildman–Crippen LogP) is 3.03. The number of amides is 1. The molecule has 0 aliphatic heterocycles. The quantitative estimate of drug-likeness (QED) is 0.273. The van der Waals surface area contributed by atoms with Gasteiger partial charge in [0.2, 0.25) is 0 Å². The van der Waals surface area contributed by atoms with Crippen LogP contribution in [-0.4, -0.2) is 108 Å². The van der Waals surface area contributed by atoms with E-state index in [1.165, 1.54) is 27.2 Å². The van der Waals surface area contributed by atoms with Gasteiger partial charge >= 0.3 is 12.1 Å². The minimum absolute atomic E-state index is 0.0368. The molecule has 1 N–H and O–H groups in total. The number of hydrogen-bond donors (Lipinski definition) is 1. The van der Waals surface area contributed by atoms with Crippen molar-refractivity contribution in [2.45, 2.75) is 5.92 Å². The maximum Gasteiger partial charge on any atom is 0.409 e. The number of carbonyl (C=O) groups is 2. The molecule has 1 amide bonds. The Bertz CT molecular complexity index is 954. The molecule has 0 saturated carbocycles. The Morgan fingerprint density at radius 1 is 0.711 bits per heavy atom. The fourth-order valence-electron chi connectivity index (χ4n) is 4.04. The zero-order valence-electron chi connectivity index (χ0n) is 21.8. The van der Waals surface area contributed by atoms with Crippen LogP contribution >= 0.6 is 0 Å². The summed E-state index contributed by atoms with van der Waals surface area (Å²) < 4.78 is 32.1. The number of rotatable bonds is 19. The maximum absolute atomic E-state index is 12.5. The Morgan fingerprint density at radius 2 is 1.16 bits per heavy atom. The van der Waals surface area contributed by atoms with E-state index >= 15 is 0 Å². The summed E-state index contributed by atoms with van der Waals surface area (Å²) >= 11 is 0. The zero-order chi connectivity index (χ0) is 27.0. The summed E-state index contributed by atoms with van der Waals surface area (Å²) in [7, 11) is 1.70. The van der Waals surface area contributed by atoms with Gasteiger partial charge in [-0.3, -0.25) is 0 Å². The van der Waals surface area contributed by atoms with Crippen LogP contribution in [0.2, 0.25) is 0 Å². The minimum atomic E-state index is -1.00. The lowest BCUT2D eigenvalue weighted by atomic mass is 9.98. The van der Waals surface area contributed by atoms with Crippen LogP contribution in [0.1, 0.15) is 17.0 Å². The molecule has 0 saturated heterocycles. The van der Waals surface area contributed by atoms with Gasteiger partial charge in [0.1, 0.15) is 13.2 Å². The Kier molecular flexibility index (Phi) is 13.0. The monoisotopic (exact) mass is 531 g/mol. The van der Waals surface area contributed by atoms with E-state index in [9.17, 15) is 9.59 Å². The highest BCUT2D eigenvalue weighted by atomic mass is 16.6. The molecule has 1 aliphatic rings. The Morgan fingerprint density at radius 3 is 1.66 bits per heavy atom. The van der Waals surface area contributed by atoms with Crippen LogP contribution < -0.4 is 0 Å². The lowest BCUT2D eigenvalue weighted by molar-refractivity contribution is -0.142. The lowest BCUT2D eigenvalue weighted by Crippen LogP contribution is -2.32. The van der Waals surface area contributed by atoms with Crippen molar-refractivity contribution in [2.75, 3.05) is 86.3 Å². The number of ether oxygens (including phenoxy) is 6. The van der Waals surface area contributed by atoms with E-state index in [4.69, 9.17) is 33.5 Å². The van der Waals surface area contributed by atoms with E-state index in [0.717, 1.165) is 0 Å². The van der Waals surface area contributed by atoms with Gasteiger partial charge in [0.25, 0.3) is 0 Å². The second-order valence-electron chi connectivity index (χ2n) is 8.62. The SMILES string of the molecule is CN(CCOCCOCCOCCOCCOCC(=O)O)C(=O)OCC1c2ccccc2-c2ccccc21. The summed E-state index contributed by atoms with van der Waals surface area (Å²) in [6.07, 6.45) is -0.374. The summed E-state index contributed by atoms with van der Waals surface area (Å²) in [6, 6.07) is 16.5. The van der Waals surface area contributed by atoms with Crippen molar-refractivity contribution in [3.05, 3.63) is 59.7 Å². The highest BCUT2D eigenvalue weighted by Crippen LogP contribution is 2.44. The average Bonchev–Trinajstić information content (AvgIpc) is 3.24. The third kappa shape index (κ3) is 9.70. The maximum atomic E-state index is 12.5. The van der Waals surface area contributed by atoms with Crippen molar-refractivity contribution in [2.24, 2.45) is 0 Å². The fraction of sp³-hybridized carbons (Fsp3) is 0.500. The van der Waals surface area contributed by atoms with Crippen LogP contribution in [0.15, 0.2) is 48.5 Å². The number of aliphatic carboxylic acids is 1. The molecular weight excluding hydrogens is 494 g/mol.